The maximum atomic E-state index is 11.7. The number of nitrogen functional groups attached to an aromatic ring is 1. The third-order valence-electron chi connectivity index (χ3n) is 2.43. The van der Waals surface area contributed by atoms with Crippen molar-refractivity contribution in [2.45, 2.75) is 13.3 Å². The molecule has 5 N–H and O–H groups in total. The van der Waals surface area contributed by atoms with Crippen LogP contribution in [0.25, 0.3) is 0 Å². The first-order chi connectivity index (χ1) is 8.29. The molecule has 0 aliphatic heterocycles. The lowest BCUT2D eigenvalue weighted by molar-refractivity contribution is 0.0953. The largest absolute Gasteiger partial charge is 0.398 e. The summed E-state index contributed by atoms with van der Waals surface area (Å²) in [5, 5.41) is 7.45. The van der Waals surface area contributed by atoms with E-state index in [1.807, 2.05) is 6.92 Å². The number of primary sulfonamides is 1. The molecule has 0 aliphatic rings. The fraction of sp³-hybridized carbons (Fsp3) is 0.364. The summed E-state index contributed by atoms with van der Waals surface area (Å²) in [6, 6.07) is 5.01. The highest BCUT2D eigenvalue weighted by molar-refractivity contribution is 7.89. The topological polar surface area (TPSA) is 115 Å². The van der Waals surface area contributed by atoms with Crippen molar-refractivity contribution >= 4 is 21.6 Å². The van der Waals surface area contributed by atoms with Crippen LogP contribution in [-0.2, 0) is 10.0 Å². The van der Waals surface area contributed by atoms with Crippen LogP contribution in [-0.4, -0.2) is 26.6 Å². The van der Waals surface area contributed by atoms with E-state index in [-0.39, 0.29) is 24.6 Å². The van der Waals surface area contributed by atoms with Crippen molar-refractivity contribution in [2.75, 3.05) is 18.0 Å². The monoisotopic (exact) mass is 271 g/mol. The molecule has 0 fully saturated rings. The van der Waals surface area contributed by atoms with Gasteiger partial charge in [0.2, 0.25) is 10.0 Å². The van der Waals surface area contributed by atoms with Crippen molar-refractivity contribution in [3.8, 4) is 0 Å². The van der Waals surface area contributed by atoms with E-state index >= 15 is 0 Å². The van der Waals surface area contributed by atoms with Gasteiger partial charge in [-0.2, -0.15) is 0 Å². The van der Waals surface area contributed by atoms with Crippen LogP contribution in [0.5, 0.6) is 0 Å². The summed E-state index contributed by atoms with van der Waals surface area (Å²) in [5.74, 6) is -0.431. The van der Waals surface area contributed by atoms with Crippen molar-refractivity contribution in [3.05, 3.63) is 29.3 Å². The maximum Gasteiger partial charge on any atom is 0.251 e. The molecule has 0 unspecified atom stereocenters. The Morgan fingerprint density at radius 1 is 1.39 bits per heavy atom. The molecular formula is C11H17N3O3S. The van der Waals surface area contributed by atoms with Crippen LogP contribution >= 0.6 is 0 Å². The molecule has 0 spiro atoms. The van der Waals surface area contributed by atoms with Gasteiger partial charge in [0.1, 0.15) is 0 Å². The Morgan fingerprint density at radius 3 is 2.61 bits per heavy atom. The zero-order chi connectivity index (χ0) is 13.8. The number of amides is 1. The van der Waals surface area contributed by atoms with E-state index in [0.29, 0.717) is 11.3 Å². The number of nitrogens with one attached hydrogen (secondary N) is 1. The van der Waals surface area contributed by atoms with Gasteiger partial charge < -0.3 is 11.1 Å². The highest BCUT2D eigenvalue weighted by Gasteiger charge is 2.07. The standard InChI is InChI=1S/C11H17N3O3S/c1-8-3-4-9(7-10(8)12)11(15)14-5-2-6-18(13,16)17/h3-4,7H,2,5-6,12H2,1H3,(H,14,15)(H2,13,16,17). The van der Waals surface area contributed by atoms with Crippen molar-refractivity contribution in [2.24, 2.45) is 5.14 Å². The van der Waals surface area contributed by atoms with E-state index in [1.54, 1.807) is 18.2 Å². The lowest BCUT2D eigenvalue weighted by Gasteiger charge is -2.06. The van der Waals surface area contributed by atoms with Crippen molar-refractivity contribution in [1.82, 2.24) is 5.32 Å². The molecule has 0 aliphatic carbocycles. The molecule has 100 valence electrons. The van der Waals surface area contributed by atoms with Gasteiger partial charge >= 0.3 is 0 Å². The van der Waals surface area contributed by atoms with Crippen LogP contribution in [0.3, 0.4) is 0 Å². The number of nitrogens with two attached hydrogens (primary N) is 2. The predicted octanol–water partition coefficient (Wildman–Crippen LogP) is -0.0144. The number of rotatable bonds is 5. The number of carbonyl (C=O) groups is 1. The number of carbonyl (C=O) groups excluding carboxylic acids is 1. The zero-order valence-electron chi connectivity index (χ0n) is 10.1. The summed E-state index contributed by atoms with van der Waals surface area (Å²) < 4.78 is 21.4. The SMILES string of the molecule is Cc1ccc(C(=O)NCCCS(N)(=O)=O)cc1N. The zero-order valence-corrected chi connectivity index (χ0v) is 11.0. The third kappa shape index (κ3) is 4.72. The van der Waals surface area contributed by atoms with Crippen molar-refractivity contribution in [3.63, 3.8) is 0 Å². The van der Waals surface area contributed by atoms with E-state index in [2.05, 4.69) is 5.32 Å². The van der Waals surface area contributed by atoms with E-state index < -0.39 is 10.0 Å². The summed E-state index contributed by atoms with van der Waals surface area (Å²) >= 11 is 0. The minimum atomic E-state index is -3.47. The summed E-state index contributed by atoms with van der Waals surface area (Å²) in [6.07, 6.45) is 0.284. The second-order valence-corrected chi connectivity index (χ2v) is 5.78. The number of aryl methyl sites for hydroxylation is 1. The number of hydrogen-bond acceptors (Lipinski definition) is 4. The molecule has 1 aromatic rings. The molecule has 0 saturated heterocycles. The normalized spacial score (nSPS) is 11.2. The molecule has 6 nitrogen and oxygen atoms in total. The quantitative estimate of drug-likeness (QED) is 0.515. The Balaban J connectivity index is 2.48. The fourth-order valence-electron chi connectivity index (χ4n) is 1.36. The third-order valence-corrected chi connectivity index (χ3v) is 3.29. The van der Waals surface area contributed by atoms with Gasteiger partial charge in [-0.1, -0.05) is 6.07 Å². The van der Waals surface area contributed by atoms with Gasteiger partial charge in [-0.3, -0.25) is 4.79 Å². The Bertz CT molecular complexity index is 540. The molecule has 0 saturated carbocycles. The average Bonchev–Trinajstić information content (AvgIpc) is 2.26. The molecule has 0 bridgehead atoms. The Morgan fingerprint density at radius 2 is 2.06 bits per heavy atom. The summed E-state index contributed by atoms with van der Waals surface area (Å²) in [7, 11) is -3.47. The van der Waals surface area contributed by atoms with Crippen LogP contribution in [0.2, 0.25) is 0 Å². The van der Waals surface area contributed by atoms with E-state index in [0.717, 1.165) is 5.56 Å². The predicted molar refractivity (Wildman–Crippen MR) is 70.5 cm³/mol. The summed E-state index contributed by atoms with van der Waals surface area (Å²) in [5.41, 5.74) is 7.60. The summed E-state index contributed by atoms with van der Waals surface area (Å²) in [4.78, 5) is 11.7. The van der Waals surface area contributed by atoms with Gasteiger partial charge in [0.05, 0.1) is 5.75 Å². The van der Waals surface area contributed by atoms with Gasteiger partial charge in [0.25, 0.3) is 5.91 Å². The highest BCUT2D eigenvalue weighted by atomic mass is 32.2. The average molecular weight is 271 g/mol. The molecule has 0 heterocycles. The number of hydrogen-bond donors (Lipinski definition) is 3. The van der Waals surface area contributed by atoms with Gasteiger partial charge in [0, 0.05) is 17.8 Å². The molecule has 1 amide bonds. The van der Waals surface area contributed by atoms with Crippen molar-refractivity contribution < 1.29 is 13.2 Å². The van der Waals surface area contributed by atoms with Gasteiger partial charge in [0.15, 0.2) is 0 Å². The minimum Gasteiger partial charge on any atom is -0.398 e. The molecule has 18 heavy (non-hydrogen) atoms. The second kappa shape index (κ2) is 5.83. The van der Waals surface area contributed by atoms with E-state index in [4.69, 9.17) is 10.9 Å². The Hall–Kier alpha value is -1.60. The summed E-state index contributed by atoms with van der Waals surface area (Å²) in [6.45, 7) is 2.10. The molecule has 7 heteroatoms. The second-order valence-electron chi connectivity index (χ2n) is 4.05. The smallest absolute Gasteiger partial charge is 0.251 e. The first kappa shape index (κ1) is 14.5. The van der Waals surface area contributed by atoms with E-state index in [1.165, 1.54) is 0 Å². The van der Waals surface area contributed by atoms with Gasteiger partial charge in [-0.15, -0.1) is 0 Å². The Labute approximate surface area is 106 Å². The van der Waals surface area contributed by atoms with Crippen LogP contribution in [0.15, 0.2) is 18.2 Å². The van der Waals surface area contributed by atoms with Gasteiger partial charge in [-0.25, -0.2) is 13.6 Å². The number of anilines is 1. The van der Waals surface area contributed by atoms with Crippen molar-refractivity contribution in [1.29, 1.82) is 0 Å². The fourth-order valence-corrected chi connectivity index (χ4v) is 1.91. The molecule has 1 aromatic carbocycles. The number of sulfonamides is 1. The first-order valence-corrected chi connectivity index (χ1v) is 7.16. The molecule has 0 atom stereocenters. The number of benzene rings is 1. The first-order valence-electron chi connectivity index (χ1n) is 5.44. The highest BCUT2D eigenvalue weighted by Crippen LogP contribution is 2.12. The molecule has 0 radical (unpaired) electrons. The van der Waals surface area contributed by atoms with E-state index in [9.17, 15) is 13.2 Å². The minimum absolute atomic E-state index is 0.149. The molecular weight excluding hydrogens is 254 g/mol. The Kier molecular flexibility index (Phi) is 4.69. The molecule has 0 aromatic heterocycles. The molecule has 1 rings (SSSR count). The lowest BCUT2D eigenvalue weighted by Crippen LogP contribution is -2.27. The lowest BCUT2D eigenvalue weighted by atomic mass is 10.1. The van der Waals surface area contributed by atoms with Crippen LogP contribution < -0.4 is 16.2 Å². The van der Waals surface area contributed by atoms with Crippen LogP contribution in [0.1, 0.15) is 22.3 Å². The van der Waals surface area contributed by atoms with Crippen LogP contribution in [0.4, 0.5) is 5.69 Å². The van der Waals surface area contributed by atoms with Crippen LogP contribution in [0, 0.1) is 6.92 Å². The maximum absolute atomic E-state index is 11.7. The van der Waals surface area contributed by atoms with Gasteiger partial charge in [-0.05, 0) is 31.0 Å².